The molecule has 2 amide bonds. The van der Waals surface area contributed by atoms with E-state index >= 15 is 0 Å². The van der Waals surface area contributed by atoms with Crippen molar-refractivity contribution in [2.24, 2.45) is 0 Å². The summed E-state index contributed by atoms with van der Waals surface area (Å²) in [6.45, 7) is 3.69. The molecule has 23 heavy (non-hydrogen) atoms. The second-order valence-corrected chi connectivity index (χ2v) is 7.84. The zero-order valence-electron chi connectivity index (χ0n) is 13.4. The number of nitrogens with one attached hydrogen (secondary N) is 1. The Labute approximate surface area is 137 Å². The Hall–Kier alpha value is -1.60. The molecular formula is C16H24N2O4S. The summed E-state index contributed by atoms with van der Waals surface area (Å²) in [4.78, 5) is 13.8. The maximum absolute atomic E-state index is 12.2. The Morgan fingerprint density at radius 2 is 2.09 bits per heavy atom. The van der Waals surface area contributed by atoms with Gasteiger partial charge >= 0.3 is 6.03 Å². The monoisotopic (exact) mass is 340 g/mol. The number of hydrogen-bond donors (Lipinski definition) is 1. The van der Waals surface area contributed by atoms with Crippen LogP contribution < -0.4 is 5.32 Å². The number of carbonyl (C=O) groups excluding carboxylic acids is 1. The van der Waals surface area contributed by atoms with Crippen LogP contribution in [-0.4, -0.2) is 56.6 Å². The minimum Gasteiger partial charge on any atom is -0.375 e. The van der Waals surface area contributed by atoms with E-state index in [-0.39, 0.29) is 23.6 Å². The average Bonchev–Trinajstić information content (AvgIpc) is 2.88. The molecule has 0 unspecified atom stereocenters. The van der Waals surface area contributed by atoms with Gasteiger partial charge in [0.1, 0.15) is 0 Å². The van der Waals surface area contributed by atoms with Crippen molar-refractivity contribution in [1.29, 1.82) is 0 Å². The fourth-order valence-electron chi connectivity index (χ4n) is 2.68. The van der Waals surface area contributed by atoms with Gasteiger partial charge in [-0.3, -0.25) is 0 Å². The number of carbonyl (C=O) groups is 1. The quantitative estimate of drug-likeness (QED) is 0.762. The zero-order valence-corrected chi connectivity index (χ0v) is 14.2. The third-order valence-electron chi connectivity index (χ3n) is 3.88. The van der Waals surface area contributed by atoms with Crippen molar-refractivity contribution in [3.8, 4) is 0 Å². The van der Waals surface area contributed by atoms with Crippen LogP contribution in [0.25, 0.3) is 0 Å². The van der Waals surface area contributed by atoms with Crippen LogP contribution in [0.1, 0.15) is 18.9 Å². The topological polar surface area (TPSA) is 75.7 Å². The molecule has 0 spiro atoms. The summed E-state index contributed by atoms with van der Waals surface area (Å²) in [6.07, 6.45) is 0.522. The number of benzene rings is 1. The van der Waals surface area contributed by atoms with Crippen LogP contribution in [0.3, 0.4) is 0 Å². The Morgan fingerprint density at radius 3 is 2.70 bits per heavy atom. The summed E-state index contributed by atoms with van der Waals surface area (Å²) in [5, 5.41) is 2.79. The van der Waals surface area contributed by atoms with Gasteiger partial charge in [0.2, 0.25) is 0 Å². The predicted molar refractivity (Wildman–Crippen MR) is 88.9 cm³/mol. The van der Waals surface area contributed by atoms with Crippen molar-refractivity contribution in [2.75, 3.05) is 31.2 Å². The van der Waals surface area contributed by atoms with Gasteiger partial charge in [-0.1, -0.05) is 30.3 Å². The van der Waals surface area contributed by atoms with Gasteiger partial charge in [0.05, 0.1) is 24.7 Å². The van der Waals surface area contributed by atoms with Crippen molar-refractivity contribution in [3.63, 3.8) is 0 Å². The molecule has 7 heteroatoms. The van der Waals surface area contributed by atoms with Crippen molar-refractivity contribution in [3.05, 3.63) is 35.9 Å². The van der Waals surface area contributed by atoms with Crippen molar-refractivity contribution in [2.45, 2.75) is 26.0 Å². The van der Waals surface area contributed by atoms with Crippen molar-refractivity contribution >= 4 is 15.9 Å². The first-order valence-corrected chi connectivity index (χ1v) is 9.70. The summed E-state index contributed by atoms with van der Waals surface area (Å²) in [5.74, 6) is 0.237. The Balaban J connectivity index is 1.69. The Kier molecular flexibility index (Phi) is 6.41. The molecule has 1 N–H and O–H groups in total. The minimum atomic E-state index is -2.99. The van der Waals surface area contributed by atoms with Gasteiger partial charge in [0, 0.05) is 19.1 Å². The average molecular weight is 340 g/mol. The van der Waals surface area contributed by atoms with Gasteiger partial charge in [-0.25, -0.2) is 13.2 Å². The second-order valence-electron chi connectivity index (χ2n) is 5.61. The lowest BCUT2D eigenvalue weighted by Crippen LogP contribution is -2.47. The molecule has 1 aromatic rings. The fourth-order valence-corrected chi connectivity index (χ4v) is 4.42. The van der Waals surface area contributed by atoms with E-state index in [0.29, 0.717) is 32.7 Å². The zero-order chi connectivity index (χ0) is 16.7. The van der Waals surface area contributed by atoms with Crippen LogP contribution in [0.5, 0.6) is 0 Å². The number of hydrogen-bond acceptors (Lipinski definition) is 4. The highest BCUT2D eigenvalue weighted by atomic mass is 32.2. The van der Waals surface area contributed by atoms with Crippen molar-refractivity contribution in [1.82, 2.24) is 10.2 Å². The van der Waals surface area contributed by atoms with Gasteiger partial charge in [0.15, 0.2) is 9.84 Å². The second kappa shape index (κ2) is 8.31. The van der Waals surface area contributed by atoms with Crippen LogP contribution >= 0.6 is 0 Å². The number of amides is 2. The molecule has 1 saturated heterocycles. The molecular weight excluding hydrogens is 316 g/mol. The maximum Gasteiger partial charge on any atom is 0.317 e. The SMILES string of the molecule is CCN(C(=O)NCCOCc1ccccc1)[C@@H]1CCS(=O)(=O)C1. The molecule has 0 saturated carbocycles. The van der Waals surface area contributed by atoms with Crippen LogP contribution in [0, 0.1) is 0 Å². The van der Waals surface area contributed by atoms with E-state index in [0.717, 1.165) is 5.56 Å². The molecule has 1 aliphatic rings. The first-order chi connectivity index (χ1) is 11.0. The van der Waals surface area contributed by atoms with E-state index in [1.807, 2.05) is 37.3 Å². The summed E-state index contributed by atoms with van der Waals surface area (Å²) in [5.41, 5.74) is 1.09. The Morgan fingerprint density at radius 1 is 1.35 bits per heavy atom. The molecule has 1 aromatic carbocycles. The number of nitrogens with zero attached hydrogens (tertiary/aromatic N) is 1. The molecule has 0 aliphatic carbocycles. The minimum absolute atomic E-state index is 0.0682. The Bertz CT molecular complexity index is 604. The van der Waals surface area contributed by atoms with Crippen LogP contribution in [-0.2, 0) is 21.2 Å². The first-order valence-electron chi connectivity index (χ1n) is 7.88. The van der Waals surface area contributed by atoms with E-state index in [2.05, 4.69) is 5.32 Å². The van der Waals surface area contributed by atoms with Crippen LogP contribution in [0.15, 0.2) is 30.3 Å². The highest BCUT2D eigenvalue weighted by Crippen LogP contribution is 2.17. The third kappa shape index (κ3) is 5.51. The number of sulfone groups is 1. The molecule has 1 aliphatic heterocycles. The summed E-state index contributed by atoms with van der Waals surface area (Å²) in [6, 6.07) is 9.39. The largest absolute Gasteiger partial charge is 0.375 e. The van der Waals surface area contributed by atoms with Gasteiger partial charge in [0.25, 0.3) is 0 Å². The molecule has 2 rings (SSSR count). The first kappa shape index (κ1) is 17.7. The lowest BCUT2D eigenvalue weighted by Gasteiger charge is -2.27. The molecule has 1 heterocycles. The highest BCUT2D eigenvalue weighted by Gasteiger charge is 2.33. The molecule has 0 radical (unpaired) electrons. The normalized spacial score (nSPS) is 19.4. The standard InChI is InChI=1S/C16H24N2O4S/c1-2-18(15-8-11-23(20,21)13-15)16(19)17-9-10-22-12-14-6-4-3-5-7-14/h3-7,15H,2,8-13H2,1H3,(H,17,19)/t15-/m1/s1. The molecule has 0 aromatic heterocycles. The van der Waals surface area contributed by atoms with Crippen LogP contribution in [0.4, 0.5) is 4.79 Å². The lowest BCUT2D eigenvalue weighted by molar-refractivity contribution is 0.120. The van der Waals surface area contributed by atoms with Gasteiger partial charge in [-0.2, -0.15) is 0 Å². The van der Waals surface area contributed by atoms with Gasteiger partial charge in [-0.15, -0.1) is 0 Å². The van der Waals surface area contributed by atoms with E-state index in [4.69, 9.17) is 4.74 Å². The third-order valence-corrected chi connectivity index (χ3v) is 5.64. The maximum atomic E-state index is 12.2. The van der Waals surface area contributed by atoms with Gasteiger partial charge < -0.3 is 15.0 Å². The van der Waals surface area contributed by atoms with E-state index in [9.17, 15) is 13.2 Å². The predicted octanol–water partition coefficient (Wildman–Crippen LogP) is 1.42. The van der Waals surface area contributed by atoms with E-state index < -0.39 is 9.84 Å². The van der Waals surface area contributed by atoms with Gasteiger partial charge in [-0.05, 0) is 18.9 Å². The molecule has 0 bridgehead atoms. The summed E-state index contributed by atoms with van der Waals surface area (Å²) < 4.78 is 28.6. The lowest BCUT2D eigenvalue weighted by atomic mass is 10.2. The summed E-state index contributed by atoms with van der Waals surface area (Å²) >= 11 is 0. The fraction of sp³-hybridized carbons (Fsp3) is 0.562. The summed E-state index contributed by atoms with van der Waals surface area (Å²) in [7, 11) is -2.99. The molecule has 6 nitrogen and oxygen atoms in total. The molecule has 128 valence electrons. The van der Waals surface area contributed by atoms with E-state index in [1.54, 1.807) is 4.90 Å². The van der Waals surface area contributed by atoms with E-state index in [1.165, 1.54) is 0 Å². The molecule has 1 fully saturated rings. The number of rotatable bonds is 7. The number of ether oxygens (including phenoxy) is 1. The van der Waals surface area contributed by atoms with Crippen molar-refractivity contribution < 1.29 is 17.9 Å². The smallest absolute Gasteiger partial charge is 0.317 e. The van der Waals surface area contributed by atoms with Crippen LogP contribution in [0.2, 0.25) is 0 Å². The number of urea groups is 1. The highest BCUT2D eigenvalue weighted by molar-refractivity contribution is 7.91. The molecule has 1 atom stereocenters.